The van der Waals surface area contributed by atoms with Crippen molar-refractivity contribution in [3.8, 4) is 5.75 Å². The van der Waals surface area contributed by atoms with Crippen molar-refractivity contribution in [2.75, 3.05) is 19.4 Å². The van der Waals surface area contributed by atoms with Gasteiger partial charge in [-0.1, -0.05) is 30.3 Å². The number of rotatable bonds is 3. The van der Waals surface area contributed by atoms with Crippen molar-refractivity contribution in [2.24, 2.45) is 0 Å². The monoisotopic (exact) mass is 367 g/mol. The molecule has 6 heteroatoms. The van der Waals surface area contributed by atoms with E-state index in [1.54, 1.807) is 42.0 Å². The second-order valence-electron chi connectivity index (χ2n) is 5.98. The van der Waals surface area contributed by atoms with Gasteiger partial charge in [-0.3, -0.25) is 4.79 Å². The fraction of sp³-hybridized carbons (Fsp3) is 0.200. The second-order valence-corrected chi connectivity index (χ2v) is 7.17. The van der Waals surface area contributed by atoms with Gasteiger partial charge in [0, 0.05) is 17.7 Å². The van der Waals surface area contributed by atoms with Gasteiger partial charge in [0.1, 0.15) is 22.3 Å². The maximum absolute atomic E-state index is 13.0. The Bertz CT molecular complexity index is 1010. The van der Waals surface area contributed by atoms with Gasteiger partial charge in [0.15, 0.2) is 0 Å². The topological polar surface area (TPSA) is 59.8 Å². The van der Waals surface area contributed by atoms with E-state index >= 15 is 0 Å². The molecule has 2 heterocycles. The largest absolute Gasteiger partial charge is 0.497 e. The highest BCUT2D eigenvalue weighted by Gasteiger charge is 2.32. The zero-order valence-electron chi connectivity index (χ0n) is 14.2. The van der Waals surface area contributed by atoms with Crippen LogP contribution in [0.1, 0.15) is 21.3 Å². The minimum Gasteiger partial charge on any atom is -0.497 e. The Kier molecular flexibility index (Phi) is 4.42. The van der Waals surface area contributed by atoms with Gasteiger partial charge in [0.05, 0.1) is 7.11 Å². The molecule has 0 saturated carbocycles. The summed E-state index contributed by atoms with van der Waals surface area (Å²) in [5, 5.41) is 0.613. The van der Waals surface area contributed by atoms with Crippen LogP contribution in [0, 0.1) is 0 Å². The number of para-hydroxylation sites is 1. The van der Waals surface area contributed by atoms with E-state index in [0.717, 1.165) is 22.5 Å². The lowest BCUT2D eigenvalue weighted by molar-refractivity contribution is 0.0756. The highest BCUT2D eigenvalue weighted by atomic mass is 32.2. The van der Waals surface area contributed by atoms with Crippen LogP contribution in [0.5, 0.6) is 5.75 Å². The summed E-state index contributed by atoms with van der Waals surface area (Å²) in [4.78, 5) is 27.1. The van der Waals surface area contributed by atoms with Crippen LogP contribution in [0.4, 0.5) is 0 Å². The van der Waals surface area contributed by atoms with E-state index in [-0.39, 0.29) is 16.8 Å². The average molecular weight is 367 g/mol. The van der Waals surface area contributed by atoms with Crippen LogP contribution in [0.2, 0.25) is 0 Å². The molecular formula is C20H17NO4S. The summed E-state index contributed by atoms with van der Waals surface area (Å²) in [6, 6.07) is 16.5. The molecule has 0 N–H and O–H groups in total. The molecule has 1 fully saturated rings. The van der Waals surface area contributed by atoms with Gasteiger partial charge in [-0.2, -0.15) is 0 Å². The maximum atomic E-state index is 13.0. The summed E-state index contributed by atoms with van der Waals surface area (Å²) in [7, 11) is 1.62. The number of nitrogens with zero attached hydrogens (tertiary/aromatic N) is 1. The quantitative estimate of drug-likeness (QED) is 0.661. The van der Waals surface area contributed by atoms with Crippen molar-refractivity contribution < 1.29 is 13.9 Å². The molecule has 0 bridgehead atoms. The molecule has 0 radical (unpaired) electrons. The van der Waals surface area contributed by atoms with Crippen LogP contribution in [-0.2, 0) is 0 Å². The van der Waals surface area contributed by atoms with Crippen LogP contribution in [0.15, 0.2) is 63.8 Å². The number of ether oxygens (including phenoxy) is 1. The Morgan fingerprint density at radius 3 is 2.73 bits per heavy atom. The van der Waals surface area contributed by atoms with Crippen molar-refractivity contribution in [2.45, 2.75) is 5.37 Å². The van der Waals surface area contributed by atoms with Crippen LogP contribution in [-0.4, -0.2) is 30.2 Å². The molecule has 1 aliphatic rings. The lowest BCUT2D eigenvalue weighted by atomic mass is 10.1. The lowest BCUT2D eigenvalue weighted by Gasteiger charge is -2.24. The van der Waals surface area contributed by atoms with Crippen molar-refractivity contribution in [3.63, 3.8) is 0 Å². The molecule has 1 saturated heterocycles. The van der Waals surface area contributed by atoms with Crippen molar-refractivity contribution in [1.82, 2.24) is 4.90 Å². The number of amides is 1. The molecule has 1 aliphatic heterocycles. The van der Waals surface area contributed by atoms with E-state index in [1.807, 2.05) is 36.4 Å². The Labute approximate surface area is 154 Å². The number of benzene rings is 2. The van der Waals surface area contributed by atoms with Gasteiger partial charge in [0.2, 0.25) is 0 Å². The van der Waals surface area contributed by atoms with E-state index in [4.69, 9.17) is 9.15 Å². The first-order chi connectivity index (χ1) is 12.7. The standard InChI is InChI=1S/C20H17NO4S/c1-24-15-8-6-13(7-9-15)19-21(10-11-26-19)18(22)16-12-14-4-2-3-5-17(14)25-20(16)23/h2-9,12,19H,10-11H2,1H3/t19-/m0/s1. The van der Waals surface area contributed by atoms with Crippen LogP contribution >= 0.6 is 11.8 Å². The lowest BCUT2D eigenvalue weighted by Crippen LogP contribution is -2.33. The fourth-order valence-electron chi connectivity index (χ4n) is 3.09. The first-order valence-corrected chi connectivity index (χ1v) is 9.31. The molecule has 4 rings (SSSR count). The van der Waals surface area contributed by atoms with Crippen molar-refractivity contribution in [1.29, 1.82) is 0 Å². The van der Waals surface area contributed by atoms with Crippen LogP contribution < -0.4 is 10.4 Å². The summed E-state index contributed by atoms with van der Waals surface area (Å²) >= 11 is 1.68. The van der Waals surface area contributed by atoms with Crippen LogP contribution in [0.3, 0.4) is 0 Å². The number of hydrogen-bond donors (Lipinski definition) is 0. The molecular weight excluding hydrogens is 350 g/mol. The first kappa shape index (κ1) is 16.7. The number of fused-ring (bicyclic) bond motifs is 1. The normalized spacial score (nSPS) is 16.8. The Morgan fingerprint density at radius 1 is 1.19 bits per heavy atom. The smallest absolute Gasteiger partial charge is 0.349 e. The molecule has 1 aromatic heterocycles. The number of carbonyl (C=O) groups is 1. The molecule has 0 aliphatic carbocycles. The summed E-state index contributed by atoms with van der Waals surface area (Å²) < 4.78 is 10.5. The molecule has 3 aromatic rings. The second kappa shape index (κ2) is 6.88. The number of hydrogen-bond acceptors (Lipinski definition) is 5. The summed E-state index contributed by atoms with van der Waals surface area (Å²) in [5.41, 5.74) is 0.965. The zero-order chi connectivity index (χ0) is 18.1. The van der Waals surface area contributed by atoms with E-state index < -0.39 is 5.63 Å². The van der Waals surface area contributed by atoms with Gasteiger partial charge in [-0.25, -0.2) is 4.79 Å². The van der Waals surface area contributed by atoms with E-state index in [2.05, 4.69) is 0 Å². The highest BCUT2D eigenvalue weighted by Crippen LogP contribution is 2.39. The summed E-state index contributed by atoms with van der Waals surface area (Å²) in [6.45, 7) is 0.590. The van der Waals surface area contributed by atoms with Crippen LogP contribution in [0.25, 0.3) is 11.0 Å². The molecule has 0 unspecified atom stereocenters. The molecule has 5 nitrogen and oxygen atoms in total. The molecule has 1 atom stereocenters. The van der Waals surface area contributed by atoms with Gasteiger partial charge in [0.25, 0.3) is 5.91 Å². The summed E-state index contributed by atoms with van der Waals surface area (Å²) in [6.07, 6.45) is 0. The Morgan fingerprint density at radius 2 is 1.96 bits per heavy atom. The minimum absolute atomic E-state index is 0.0738. The van der Waals surface area contributed by atoms with Gasteiger partial charge in [-0.15, -0.1) is 11.8 Å². The zero-order valence-corrected chi connectivity index (χ0v) is 15.0. The van der Waals surface area contributed by atoms with Crippen molar-refractivity contribution in [3.05, 3.63) is 76.1 Å². The van der Waals surface area contributed by atoms with E-state index in [0.29, 0.717) is 12.1 Å². The fourth-order valence-corrected chi connectivity index (χ4v) is 4.34. The minimum atomic E-state index is -0.598. The summed E-state index contributed by atoms with van der Waals surface area (Å²) in [5.74, 6) is 1.29. The van der Waals surface area contributed by atoms with Gasteiger partial charge in [-0.05, 0) is 29.8 Å². The number of methoxy groups -OCH3 is 1. The van der Waals surface area contributed by atoms with Gasteiger partial charge >= 0.3 is 5.63 Å². The molecule has 0 spiro atoms. The van der Waals surface area contributed by atoms with Gasteiger partial charge < -0.3 is 14.1 Å². The predicted molar refractivity (Wildman–Crippen MR) is 102 cm³/mol. The Balaban J connectivity index is 1.68. The highest BCUT2D eigenvalue weighted by molar-refractivity contribution is 7.99. The molecule has 1 amide bonds. The number of carbonyl (C=O) groups excluding carboxylic acids is 1. The first-order valence-electron chi connectivity index (χ1n) is 8.27. The maximum Gasteiger partial charge on any atom is 0.349 e. The third kappa shape index (κ3) is 2.97. The molecule has 2 aromatic carbocycles. The molecule has 26 heavy (non-hydrogen) atoms. The Hall–Kier alpha value is -2.73. The van der Waals surface area contributed by atoms with E-state index in [1.165, 1.54) is 0 Å². The third-order valence-corrected chi connectivity index (χ3v) is 5.69. The number of thioether (sulfide) groups is 1. The predicted octanol–water partition coefficient (Wildman–Crippen LogP) is 3.69. The SMILES string of the molecule is COc1ccc([C@@H]2SCCN2C(=O)c2cc3ccccc3oc2=O)cc1. The average Bonchev–Trinajstić information content (AvgIpc) is 3.17. The molecule has 132 valence electrons. The van der Waals surface area contributed by atoms with Crippen molar-refractivity contribution >= 4 is 28.6 Å². The van der Waals surface area contributed by atoms with E-state index in [9.17, 15) is 9.59 Å². The third-order valence-electron chi connectivity index (χ3n) is 4.42.